The third-order valence-electron chi connectivity index (χ3n) is 5.26. The molecule has 0 fully saturated rings. The van der Waals surface area contributed by atoms with Gasteiger partial charge in [0, 0.05) is 36.3 Å². The summed E-state index contributed by atoms with van der Waals surface area (Å²) in [4.78, 5) is 12.9. The van der Waals surface area contributed by atoms with Crippen molar-refractivity contribution in [2.45, 2.75) is 25.4 Å². The number of anilines is 1. The lowest BCUT2D eigenvalue weighted by Crippen LogP contribution is -2.42. The van der Waals surface area contributed by atoms with Crippen LogP contribution in [0.4, 0.5) is 11.4 Å². The van der Waals surface area contributed by atoms with E-state index >= 15 is 0 Å². The van der Waals surface area contributed by atoms with E-state index in [-0.39, 0.29) is 22.6 Å². The van der Waals surface area contributed by atoms with Crippen molar-refractivity contribution in [2.75, 3.05) is 4.90 Å². The van der Waals surface area contributed by atoms with E-state index in [2.05, 4.69) is 60.4 Å². The third-order valence-corrected chi connectivity index (χ3v) is 5.26. The maximum atomic E-state index is 10.9. The number of nitro benzene ring substituents is 1. The maximum Gasteiger partial charge on any atom is 0.269 e. The zero-order valence-electron chi connectivity index (χ0n) is 14.6. The first-order valence-corrected chi connectivity index (χ1v) is 8.79. The molecule has 0 spiro atoms. The van der Waals surface area contributed by atoms with Crippen molar-refractivity contribution < 1.29 is 4.92 Å². The van der Waals surface area contributed by atoms with E-state index in [0.29, 0.717) is 0 Å². The number of rotatable bonds is 3. The van der Waals surface area contributed by atoms with E-state index in [4.69, 9.17) is 0 Å². The van der Waals surface area contributed by atoms with Crippen molar-refractivity contribution >= 4 is 11.4 Å². The summed E-state index contributed by atoms with van der Waals surface area (Å²) in [6, 6.07) is 26.2. The predicted octanol–water partition coefficient (Wildman–Crippen LogP) is 5.14. The summed E-state index contributed by atoms with van der Waals surface area (Å²) in [5.41, 5.74) is 5.10. The second kappa shape index (κ2) is 6.64. The number of fused-ring (bicyclic) bond motifs is 1. The molecule has 4 rings (SSSR count). The number of nitrogens with zero attached hydrogens (tertiary/aromatic N) is 2. The van der Waals surface area contributed by atoms with Crippen LogP contribution in [0.3, 0.4) is 0 Å². The molecule has 3 aromatic rings. The van der Waals surface area contributed by atoms with Crippen molar-refractivity contribution in [1.82, 2.24) is 0 Å². The Labute approximate surface area is 152 Å². The van der Waals surface area contributed by atoms with Gasteiger partial charge in [0.25, 0.3) is 5.69 Å². The van der Waals surface area contributed by atoms with Crippen LogP contribution in [-0.2, 0) is 6.54 Å². The molecular formula is C22H20N2O2. The average molecular weight is 344 g/mol. The van der Waals surface area contributed by atoms with E-state index in [1.807, 2.05) is 18.2 Å². The summed E-state index contributed by atoms with van der Waals surface area (Å²) >= 11 is 0. The number of benzene rings is 3. The Balaban J connectivity index is 1.77. The Morgan fingerprint density at radius 1 is 0.923 bits per heavy atom. The van der Waals surface area contributed by atoms with Crippen molar-refractivity contribution in [3.8, 4) is 0 Å². The Kier molecular flexibility index (Phi) is 4.17. The van der Waals surface area contributed by atoms with E-state index in [1.54, 1.807) is 12.1 Å². The Bertz CT molecular complexity index is 922. The van der Waals surface area contributed by atoms with Crippen LogP contribution >= 0.6 is 0 Å². The molecule has 1 aliphatic rings. The van der Waals surface area contributed by atoms with Crippen molar-refractivity contribution in [3.63, 3.8) is 0 Å². The van der Waals surface area contributed by atoms with E-state index < -0.39 is 0 Å². The highest BCUT2D eigenvalue weighted by atomic mass is 16.6. The molecule has 3 aromatic carbocycles. The highest BCUT2D eigenvalue weighted by Crippen LogP contribution is 2.40. The van der Waals surface area contributed by atoms with Gasteiger partial charge in [-0.3, -0.25) is 10.1 Å². The van der Waals surface area contributed by atoms with Crippen LogP contribution in [0.1, 0.15) is 29.5 Å². The van der Waals surface area contributed by atoms with Gasteiger partial charge >= 0.3 is 0 Å². The van der Waals surface area contributed by atoms with Gasteiger partial charge in [-0.15, -0.1) is 0 Å². The molecule has 0 unspecified atom stereocenters. The highest BCUT2D eigenvalue weighted by molar-refractivity contribution is 5.56. The molecule has 1 heterocycles. The lowest BCUT2D eigenvalue weighted by molar-refractivity contribution is -0.384. The topological polar surface area (TPSA) is 46.4 Å². The molecule has 26 heavy (non-hydrogen) atoms. The monoisotopic (exact) mass is 344 g/mol. The first kappa shape index (κ1) is 16.3. The SMILES string of the molecule is C[C@H]1[C@@H](c2ccccc2)c2ccccc2CN1c1ccc([N+](=O)[O-])cc1. The fourth-order valence-electron chi connectivity index (χ4n) is 3.96. The van der Waals surface area contributed by atoms with Crippen LogP contribution in [-0.4, -0.2) is 11.0 Å². The molecule has 0 aliphatic carbocycles. The summed E-state index contributed by atoms with van der Waals surface area (Å²) in [5, 5.41) is 10.9. The second-order valence-electron chi connectivity index (χ2n) is 6.73. The summed E-state index contributed by atoms with van der Waals surface area (Å²) in [7, 11) is 0. The van der Waals surface area contributed by atoms with Gasteiger partial charge in [0.2, 0.25) is 0 Å². The molecule has 2 atom stereocenters. The zero-order valence-corrected chi connectivity index (χ0v) is 14.6. The molecule has 130 valence electrons. The third kappa shape index (κ3) is 2.84. The Morgan fingerprint density at radius 3 is 2.27 bits per heavy atom. The molecular weight excluding hydrogens is 324 g/mol. The molecule has 0 bridgehead atoms. The first-order valence-electron chi connectivity index (χ1n) is 8.79. The van der Waals surface area contributed by atoms with Gasteiger partial charge in [0.05, 0.1) is 4.92 Å². The van der Waals surface area contributed by atoms with Crippen LogP contribution < -0.4 is 4.90 Å². The molecule has 4 nitrogen and oxygen atoms in total. The number of hydrogen-bond acceptors (Lipinski definition) is 3. The normalized spacial score (nSPS) is 19.0. The summed E-state index contributed by atoms with van der Waals surface area (Å²) in [6.07, 6.45) is 0. The van der Waals surface area contributed by atoms with Crippen LogP contribution in [0.15, 0.2) is 78.9 Å². The lowest BCUT2D eigenvalue weighted by Gasteiger charge is -2.42. The Morgan fingerprint density at radius 2 is 1.58 bits per heavy atom. The van der Waals surface area contributed by atoms with Gasteiger partial charge in [0.15, 0.2) is 0 Å². The molecule has 0 N–H and O–H groups in total. The summed E-state index contributed by atoms with van der Waals surface area (Å²) < 4.78 is 0. The molecule has 0 aromatic heterocycles. The molecule has 0 amide bonds. The molecule has 1 aliphatic heterocycles. The predicted molar refractivity (Wildman–Crippen MR) is 103 cm³/mol. The van der Waals surface area contributed by atoms with Crippen molar-refractivity contribution in [2.24, 2.45) is 0 Å². The second-order valence-corrected chi connectivity index (χ2v) is 6.73. The van der Waals surface area contributed by atoms with E-state index in [9.17, 15) is 10.1 Å². The van der Waals surface area contributed by atoms with E-state index in [0.717, 1.165) is 12.2 Å². The van der Waals surface area contributed by atoms with Gasteiger partial charge in [-0.05, 0) is 35.7 Å². The largest absolute Gasteiger partial charge is 0.364 e. The maximum absolute atomic E-state index is 10.9. The van der Waals surface area contributed by atoms with Crippen LogP contribution in [0, 0.1) is 10.1 Å². The van der Waals surface area contributed by atoms with Gasteiger partial charge in [-0.1, -0.05) is 54.6 Å². The minimum absolute atomic E-state index is 0.124. The summed E-state index contributed by atoms with van der Waals surface area (Å²) in [5.74, 6) is 0.261. The molecule has 4 heteroatoms. The lowest BCUT2D eigenvalue weighted by atomic mass is 9.79. The summed E-state index contributed by atoms with van der Waals surface area (Å²) in [6.45, 7) is 3.04. The van der Waals surface area contributed by atoms with E-state index in [1.165, 1.54) is 16.7 Å². The zero-order chi connectivity index (χ0) is 18.1. The fourth-order valence-corrected chi connectivity index (χ4v) is 3.96. The first-order chi connectivity index (χ1) is 12.6. The van der Waals surface area contributed by atoms with Crippen LogP contribution in [0.5, 0.6) is 0 Å². The molecule has 0 saturated heterocycles. The van der Waals surface area contributed by atoms with Gasteiger partial charge in [-0.25, -0.2) is 0 Å². The molecule has 0 radical (unpaired) electrons. The number of hydrogen-bond donors (Lipinski definition) is 0. The molecule has 0 saturated carbocycles. The highest BCUT2D eigenvalue weighted by Gasteiger charge is 2.33. The van der Waals surface area contributed by atoms with Crippen LogP contribution in [0.25, 0.3) is 0 Å². The van der Waals surface area contributed by atoms with Crippen molar-refractivity contribution in [1.29, 1.82) is 0 Å². The van der Waals surface area contributed by atoms with Gasteiger partial charge < -0.3 is 4.90 Å². The van der Waals surface area contributed by atoms with Crippen LogP contribution in [0.2, 0.25) is 0 Å². The number of non-ortho nitro benzene ring substituents is 1. The minimum Gasteiger partial charge on any atom is -0.364 e. The van der Waals surface area contributed by atoms with Gasteiger partial charge in [0.1, 0.15) is 0 Å². The van der Waals surface area contributed by atoms with Crippen molar-refractivity contribution in [3.05, 3.63) is 106 Å². The number of nitro groups is 1. The Hall–Kier alpha value is -3.14. The minimum atomic E-state index is -0.356. The fraction of sp³-hybridized carbons (Fsp3) is 0.182. The standard InChI is InChI=1S/C22H20N2O2/c1-16-22(17-7-3-2-4-8-17)21-10-6-5-9-18(21)15-23(16)19-11-13-20(14-12-19)24(25)26/h2-14,16,22H,15H2,1H3/t16-,22-/m0/s1. The van der Waals surface area contributed by atoms with Gasteiger partial charge in [-0.2, -0.15) is 0 Å². The quantitative estimate of drug-likeness (QED) is 0.488. The smallest absolute Gasteiger partial charge is 0.269 e. The average Bonchev–Trinajstić information content (AvgIpc) is 2.68.